The Morgan fingerprint density at radius 1 is 1.32 bits per heavy atom. The minimum Gasteiger partial charge on any atom is -0.352 e. The second-order valence-corrected chi connectivity index (χ2v) is 7.81. The van der Waals surface area contributed by atoms with Crippen molar-refractivity contribution in [2.45, 2.75) is 6.42 Å². The molecule has 0 unspecified atom stereocenters. The molecule has 0 spiro atoms. The first kappa shape index (κ1) is 14.8. The molecule has 6 nitrogen and oxygen atoms in total. The number of fused-ring (bicyclic) bond motifs is 1. The fraction of sp³-hybridized carbons (Fsp3) is 0.333. The number of nitrogens with one attached hydrogen (secondary N) is 2. The molecule has 116 valence electrons. The number of benzene rings is 1. The first-order valence-corrected chi connectivity index (χ1v) is 8.87. The van der Waals surface area contributed by atoms with Gasteiger partial charge in [-0.15, -0.1) is 0 Å². The normalized spacial score (nSPS) is 20.1. The van der Waals surface area contributed by atoms with Gasteiger partial charge in [0.05, 0.1) is 11.5 Å². The SMILES string of the molecule is O=C(NC[C@@H]1CCS(=O)(=O)C1)c1cc2ccccc2[nH]c1=O. The average molecular weight is 320 g/mol. The molecule has 0 aliphatic carbocycles. The smallest absolute Gasteiger partial charge is 0.261 e. The summed E-state index contributed by atoms with van der Waals surface area (Å²) in [5.74, 6) is -0.282. The largest absolute Gasteiger partial charge is 0.352 e. The van der Waals surface area contributed by atoms with Crippen molar-refractivity contribution in [2.75, 3.05) is 18.1 Å². The summed E-state index contributed by atoms with van der Waals surface area (Å²) < 4.78 is 22.8. The van der Waals surface area contributed by atoms with Crippen LogP contribution in [-0.4, -0.2) is 37.4 Å². The summed E-state index contributed by atoms with van der Waals surface area (Å²) in [6.45, 7) is 0.268. The molecule has 1 atom stereocenters. The minimum absolute atomic E-state index is 0.0413. The monoisotopic (exact) mass is 320 g/mol. The van der Waals surface area contributed by atoms with Crippen molar-refractivity contribution in [3.63, 3.8) is 0 Å². The minimum atomic E-state index is -2.96. The summed E-state index contributed by atoms with van der Waals surface area (Å²) >= 11 is 0. The third kappa shape index (κ3) is 3.04. The van der Waals surface area contributed by atoms with Crippen LogP contribution in [0.4, 0.5) is 0 Å². The summed E-state index contributed by atoms with van der Waals surface area (Å²) in [5, 5.41) is 3.43. The van der Waals surface area contributed by atoms with Crippen molar-refractivity contribution in [3.8, 4) is 0 Å². The zero-order chi connectivity index (χ0) is 15.7. The Bertz CT molecular complexity index is 886. The first-order valence-electron chi connectivity index (χ1n) is 7.05. The quantitative estimate of drug-likeness (QED) is 0.870. The van der Waals surface area contributed by atoms with Crippen LogP contribution >= 0.6 is 0 Å². The van der Waals surface area contributed by atoms with Crippen molar-refractivity contribution in [1.29, 1.82) is 0 Å². The molecular formula is C15H16N2O4S. The lowest BCUT2D eigenvalue weighted by Gasteiger charge is -2.09. The molecule has 7 heteroatoms. The molecule has 3 rings (SSSR count). The highest BCUT2D eigenvalue weighted by Gasteiger charge is 2.28. The molecule has 1 aromatic carbocycles. The van der Waals surface area contributed by atoms with Crippen LogP contribution in [0.25, 0.3) is 10.9 Å². The molecule has 2 aromatic rings. The van der Waals surface area contributed by atoms with Crippen LogP contribution in [0.2, 0.25) is 0 Å². The Morgan fingerprint density at radius 3 is 2.82 bits per heavy atom. The molecule has 1 saturated heterocycles. The predicted octanol–water partition coefficient (Wildman–Crippen LogP) is 0.693. The van der Waals surface area contributed by atoms with Crippen molar-refractivity contribution >= 4 is 26.6 Å². The lowest BCUT2D eigenvalue weighted by atomic mass is 10.1. The van der Waals surface area contributed by atoms with Gasteiger partial charge in [-0.25, -0.2) is 8.42 Å². The van der Waals surface area contributed by atoms with Gasteiger partial charge in [-0.2, -0.15) is 0 Å². The van der Waals surface area contributed by atoms with E-state index in [0.717, 1.165) is 5.39 Å². The Balaban J connectivity index is 1.75. The van der Waals surface area contributed by atoms with E-state index in [2.05, 4.69) is 10.3 Å². The summed E-state index contributed by atoms with van der Waals surface area (Å²) in [5.41, 5.74) is 0.265. The molecular weight excluding hydrogens is 304 g/mol. The van der Waals surface area contributed by atoms with Gasteiger partial charge < -0.3 is 10.3 Å². The molecule has 1 fully saturated rings. The van der Waals surface area contributed by atoms with Gasteiger partial charge in [0.25, 0.3) is 11.5 Å². The van der Waals surface area contributed by atoms with E-state index >= 15 is 0 Å². The maximum atomic E-state index is 12.1. The molecule has 22 heavy (non-hydrogen) atoms. The number of carbonyl (C=O) groups excluding carboxylic acids is 1. The molecule has 0 bridgehead atoms. The molecule has 1 aliphatic rings. The van der Waals surface area contributed by atoms with E-state index in [1.807, 2.05) is 12.1 Å². The molecule has 1 aliphatic heterocycles. The standard InChI is InChI=1S/C15H16N2O4S/c18-14(16-8-10-5-6-22(20,21)9-10)12-7-11-3-1-2-4-13(11)17-15(12)19/h1-4,7,10H,5-6,8-9H2,(H,16,18)(H,17,19)/t10-/m0/s1. The molecule has 1 aromatic heterocycles. The van der Waals surface area contributed by atoms with Gasteiger partial charge in [-0.1, -0.05) is 18.2 Å². The van der Waals surface area contributed by atoms with Gasteiger partial charge in [0.1, 0.15) is 5.56 Å². The van der Waals surface area contributed by atoms with Gasteiger partial charge in [-0.3, -0.25) is 9.59 Å². The second kappa shape index (κ2) is 5.57. The fourth-order valence-corrected chi connectivity index (χ4v) is 4.54. The van der Waals surface area contributed by atoms with E-state index in [1.165, 1.54) is 0 Å². The number of aromatic amines is 1. The van der Waals surface area contributed by atoms with Crippen molar-refractivity contribution in [3.05, 3.63) is 46.2 Å². The third-order valence-electron chi connectivity index (χ3n) is 3.88. The number of pyridine rings is 1. The van der Waals surface area contributed by atoms with Crippen molar-refractivity contribution < 1.29 is 13.2 Å². The van der Waals surface area contributed by atoms with E-state index in [1.54, 1.807) is 18.2 Å². The average Bonchev–Trinajstić information content (AvgIpc) is 2.83. The Kier molecular flexibility index (Phi) is 3.74. The summed E-state index contributed by atoms with van der Waals surface area (Å²) in [7, 11) is -2.96. The summed E-state index contributed by atoms with van der Waals surface area (Å²) in [6.07, 6.45) is 0.552. The van der Waals surface area contributed by atoms with Gasteiger partial charge >= 0.3 is 0 Å². The van der Waals surface area contributed by atoms with Gasteiger partial charge in [0.2, 0.25) is 0 Å². The number of para-hydroxylation sites is 1. The van der Waals surface area contributed by atoms with Gasteiger partial charge in [-0.05, 0) is 29.9 Å². The molecule has 0 radical (unpaired) electrons. The molecule has 1 amide bonds. The van der Waals surface area contributed by atoms with E-state index in [9.17, 15) is 18.0 Å². The van der Waals surface area contributed by atoms with Crippen LogP contribution in [-0.2, 0) is 9.84 Å². The number of H-pyrrole nitrogens is 1. The Labute approximate surface area is 127 Å². The van der Waals surface area contributed by atoms with Crippen LogP contribution in [0.5, 0.6) is 0 Å². The number of hydrogen-bond acceptors (Lipinski definition) is 4. The van der Waals surface area contributed by atoms with E-state index in [4.69, 9.17) is 0 Å². The highest BCUT2D eigenvalue weighted by atomic mass is 32.2. The number of sulfone groups is 1. The molecule has 0 saturated carbocycles. The second-order valence-electron chi connectivity index (χ2n) is 5.58. The summed E-state index contributed by atoms with van der Waals surface area (Å²) in [4.78, 5) is 26.8. The van der Waals surface area contributed by atoms with E-state index in [-0.39, 0.29) is 29.5 Å². The lowest BCUT2D eigenvalue weighted by molar-refractivity contribution is 0.0947. The number of carbonyl (C=O) groups is 1. The zero-order valence-electron chi connectivity index (χ0n) is 11.8. The van der Waals surface area contributed by atoms with E-state index < -0.39 is 21.3 Å². The Morgan fingerprint density at radius 2 is 2.09 bits per heavy atom. The zero-order valence-corrected chi connectivity index (χ0v) is 12.7. The van der Waals surface area contributed by atoms with Crippen molar-refractivity contribution in [2.24, 2.45) is 5.92 Å². The number of aromatic nitrogens is 1. The van der Waals surface area contributed by atoms with Crippen LogP contribution in [0.15, 0.2) is 35.1 Å². The maximum absolute atomic E-state index is 12.1. The van der Waals surface area contributed by atoms with Crippen LogP contribution in [0.1, 0.15) is 16.8 Å². The lowest BCUT2D eigenvalue weighted by Crippen LogP contribution is -2.33. The van der Waals surface area contributed by atoms with Crippen LogP contribution < -0.4 is 10.9 Å². The number of amides is 1. The fourth-order valence-electron chi connectivity index (χ4n) is 2.68. The predicted molar refractivity (Wildman–Crippen MR) is 83.7 cm³/mol. The topological polar surface area (TPSA) is 96.1 Å². The molecule has 2 N–H and O–H groups in total. The highest BCUT2D eigenvalue weighted by Crippen LogP contribution is 2.17. The van der Waals surface area contributed by atoms with Crippen LogP contribution in [0, 0.1) is 5.92 Å². The Hall–Kier alpha value is -2.15. The highest BCUT2D eigenvalue weighted by molar-refractivity contribution is 7.91. The maximum Gasteiger partial charge on any atom is 0.261 e. The molecule has 2 heterocycles. The van der Waals surface area contributed by atoms with Crippen LogP contribution in [0.3, 0.4) is 0 Å². The number of rotatable bonds is 3. The third-order valence-corrected chi connectivity index (χ3v) is 5.71. The summed E-state index contributed by atoms with van der Waals surface area (Å²) in [6, 6.07) is 8.76. The number of hydrogen-bond donors (Lipinski definition) is 2. The van der Waals surface area contributed by atoms with Gasteiger partial charge in [0.15, 0.2) is 9.84 Å². The van der Waals surface area contributed by atoms with Crippen molar-refractivity contribution in [1.82, 2.24) is 10.3 Å². The van der Waals surface area contributed by atoms with Gasteiger partial charge in [0, 0.05) is 12.1 Å². The first-order chi connectivity index (χ1) is 10.4. The van der Waals surface area contributed by atoms with E-state index in [0.29, 0.717) is 11.9 Å².